The molecule has 2 saturated heterocycles. The lowest BCUT2D eigenvalue weighted by Gasteiger charge is -2.37. The quantitative estimate of drug-likeness (QED) is 0.807. The van der Waals surface area contributed by atoms with Crippen molar-refractivity contribution >= 4 is 29.2 Å². The van der Waals surface area contributed by atoms with Crippen LogP contribution in [-0.2, 0) is 0 Å². The molecule has 2 fully saturated rings. The summed E-state index contributed by atoms with van der Waals surface area (Å²) in [5, 5.41) is 2.78. The molecule has 5 heterocycles. The molecule has 2 bridgehead atoms. The van der Waals surface area contributed by atoms with Gasteiger partial charge in [-0.2, -0.15) is 13.2 Å². The molecule has 3 aliphatic heterocycles. The first-order valence-electron chi connectivity index (χ1n) is 10.0. The third-order valence-corrected chi connectivity index (χ3v) is 5.98. The van der Waals surface area contributed by atoms with E-state index in [0.717, 1.165) is 18.7 Å². The second-order valence-corrected chi connectivity index (χ2v) is 7.81. The van der Waals surface area contributed by atoms with E-state index in [4.69, 9.17) is 0 Å². The minimum Gasteiger partial charge on any atom is -0.366 e. The van der Waals surface area contributed by atoms with Crippen LogP contribution >= 0.6 is 0 Å². The van der Waals surface area contributed by atoms with Crippen molar-refractivity contribution in [3.63, 3.8) is 0 Å². The zero-order chi connectivity index (χ0) is 20.9. The summed E-state index contributed by atoms with van der Waals surface area (Å²) in [6.07, 6.45) is -1.44. The Balaban J connectivity index is 1.50. The van der Waals surface area contributed by atoms with Gasteiger partial charge >= 0.3 is 12.2 Å². The van der Waals surface area contributed by atoms with Crippen molar-refractivity contribution in [2.75, 3.05) is 39.7 Å². The van der Waals surface area contributed by atoms with Crippen LogP contribution in [-0.4, -0.2) is 53.9 Å². The fraction of sp³-hybridized carbons (Fsp3) is 0.450. The number of nitrogens with one attached hydrogen (secondary N) is 1. The monoisotopic (exact) mass is 418 g/mol. The highest BCUT2D eigenvalue weighted by Crippen LogP contribution is 2.42. The van der Waals surface area contributed by atoms with Gasteiger partial charge in [0.1, 0.15) is 17.7 Å². The van der Waals surface area contributed by atoms with Crippen LogP contribution in [0.5, 0.6) is 0 Å². The number of carbonyl (C=O) groups is 1. The van der Waals surface area contributed by atoms with Crippen LogP contribution in [0.2, 0.25) is 0 Å². The number of hydrogen-bond donors (Lipinski definition) is 1. The van der Waals surface area contributed by atoms with Crippen LogP contribution in [0.15, 0.2) is 36.5 Å². The Morgan fingerprint density at radius 2 is 2.00 bits per heavy atom. The van der Waals surface area contributed by atoms with Crippen LogP contribution in [0, 0.1) is 0 Å². The second kappa shape index (κ2) is 7.03. The lowest BCUT2D eigenvalue weighted by Crippen LogP contribution is -2.49. The summed E-state index contributed by atoms with van der Waals surface area (Å²) in [4.78, 5) is 26.8. The normalized spacial score (nSPS) is 23.0. The van der Waals surface area contributed by atoms with Crippen molar-refractivity contribution in [3.05, 3.63) is 36.5 Å². The molecule has 3 aliphatic rings. The highest BCUT2D eigenvalue weighted by molar-refractivity contribution is 6.04. The third-order valence-electron chi connectivity index (χ3n) is 5.98. The van der Waals surface area contributed by atoms with Crippen LogP contribution in [0.25, 0.3) is 0 Å². The van der Waals surface area contributed by atoms with Crippen LogP contribution in [0.1, 0.15) is 19.3 Å². The summed E-state index contributed by atoms with van der Waals surface area (Å²) < 4.78 is 40.4. The lowest BCUT2D eigenvalue weighted by molar-refractivity contribution is -0.146. The van der Waals surface area contributed by atoms with Crippen molar-refractivity contribution in [1.29, 1.82) is 0 Å². The summed E-state index contributed by atoms with van der Waals surface area (Å²) in [5.41, 5.74) is 0.770. The summed E-state index contributed by atoms with van der Waals surface area (Å²) in [5.74, 6) is 1.08. The number of amides is 2. The van der Waals surface area contributed by atoms with Crippen molar-refractivity contribution < 1.29 is 18.0 Å². The Morgan fingerprint density at radius 3 is 2.77 bits per heavy atom. The average Bonchev–Trinajstić information content (AvgIpc) is 3.37. The van der Waals surface area contributed by atoms with Gasteiger partial charge in [0.2, 0.25) is 0 Å². The van der Waals surface area contributed by atoms with Gasteiger partial charge in [0.25, 0.3) is 0 Å². The van der Waals surface area contributed by atoms with Gasteiger partial charge in [0.05, 0.1) is 11.7 Å². The smallest absolute Gasteiger partial charge is 0.366 e. The van der Waals surface area contributed by atoms with E-state index in [-0.39, 0.29) is 24.3 Å². The lowest BCUT2D eigenvalue weighted by atomic mass is 10.2. The van der Waals surface area contributed by atoms with E-state index in [1.807, 2.05) is 0 Å². The maximum absolute atomic E-state index is 13.5. The van der Waals surface area contributed by atoms with Gasteiger partial charge in [-0.3, -0.25) is 10.2 Å². The first-order chi connectivity index (χ1) is 14.4. The fourth-order valence-electron chi connectivity index (χ4n) is 4.61. The highest BCUT2D eigenvalue weighted by Gasteiger charge is 2.47. The van der Waals surface area contributed by atoms with E-state index in [0.29, 0.717) is 31.1 Å². The number of hydrogen-bond acceptors (Lipinski definition) is 5. The predicted octanol–water partition coefficient (Wildman–Crippen LogP) is 3.64. The summed E-state index contributed by atoms with van der Waals surface area (Å²) in [7, 11) is 0. The molecule has 30 heavy (non-hydrogen) atoms. The van der Waals surface area contributed by atoms with E-state index in [2.05, 4.69) is 20.2 Å². The summed E-state index contributed by atoms with van der Waals surface area (Å²) >= 11 is 0. The molecule has 10 heteroatoms. The number of fused-ring (bicyclic) bond motifs is 4. The standard InChI is InChI=1S/C20H21F3N6O/c21-20(22,23)15-4-3-10-28(15)17-7-6-14-18(26-17)29(13-8-11-27(14)12-13)19(30)25-16-5-1-2-9-24-16/h1-2,5-7,9,13,15H,3-4,8,10-12H2,(H,24,25,30)/t13-,15-/m0/s1. The molecule has 0 aliphatic carbocycles. The van der Waals surface area contributed by atoms with Gasteiger partial charge in [0.15, 0.2) is 5.82 Å². The number of nitrogens with zero attached hydrogens (tertiary/aromatic N) is 5. The van der Waals surface area contributed by atoms with Gasteiger partial charge in [-0.15, -0.1) is 0 Å². The Morgan fingerprint density at radius 1 is 1.13 bits per heavy atom. The third kappa shape index (κ3) is 3.20. The summed E-state index contributed by atoms with van der Waals surface area (Å²) in [6.45, 7) is 1.75. The Bertz CT molecular complexity index is 953. The first-order valence-corrected chi connectivity index (χ1v) is 10.0. The molecule has 2 atom stereocenters. The molecule has 0 unspecified atom stereocenters. The Kier molecular flexibility index (Phi) is 4.44. The number of carbonyl (C=O) groups excluding carboxylic acids is 1. The van der Waals surface area contributed by atoms with E-state index in [1.165, 1.54) is 4.90 Å². The largest absolute Gasteiger partial charge is 0.408 e. The fourth-order valence-corrected chi connectivity index (χ4v) is 4.61. The van der Waals surface area contributed by atoms with Crippen LogP contribution in [0.4, 0.5) is 41.1 Å². The molecule has 0 aromatic carbocycles. The zero-order valence-corrected chi connectivity index (χ0v) is 16.1. The van der Waals surface area contributed by atoms with E-state index in [1.54, 1.807) is 41.4 Å². The van der Waals surface area contributed by atoms with Gasteiger partial charge in [-0.05, 0) is 43.5 Å². The predicted molar refractivity (Wildman–Crippen MR) is 107 cm³/mol. The SMILES string of the molecule is O=C(Nc1ccccn1)N1c2nc(N3CCC[C@H]3C(F)(F)F)ccc2N2CC[C@H]1C2. The van der Waals surface area contributed by atoms with Crippen molar-refractivity contribution in [2.24, 2.45) is 0 Å². The molecule has 0 spiro atoms. The number of halogens is 3. The molecule has 158 valence electrons. The average molecular weight is 418 g/mol. The molecular weight excluding hydrogens is 397 g/mol. The van der Waals surface area contributed by atoms with Crippen molar-refractivity contribution in [2.45, 2.75) is 37.5 Å². The number of pyridine rings is 2. The van der Waals surface area contributed by atoms with E-state index < -0.39 is 12.2 Å². The van der Waals surface area contributed by atoms with E-state index in [9.17, 15) is 18.0 Å². The van der Waals surface area contributed by atoms with Crippen LogP contribution < -0.4 is 20.0 Å². The second-order valence-electron chi connectivity index (χ2n) is 7.81. The Labute approximate surface area is 171 Å². The minimum atomic E-state index is -4.31. The van der Waals surface area contributed by atoms with Crippen LogP contribution in [0.3, 0.4) is 0 Å². The number of aromatic nitrogens is 2. The molecule has 0 saturated carbocycles. The molecule has 1 N–H and O–H groups in total. The topological polar surface area (TPSA) is 64.6 Å². The van der Waals surface area contributed by atoms with Gasteiger partial charge in [-0.1, -0.05) is 6.07 Å². The number of alkyl halides is 3. The van der Waals surface area contributed by atoms with Gasteiger partial charge < -0.3 is 9.80 Å². The van der Waals surface area contributed by atoms with Gasteiger partial charge in [-0.25, -0.2) is 14.8 Å². The van der Waals surface area contributed by atoms with Crippen molar-refractivity contribution in [1.82, 2.24) is 9.97 Å². The first kappa shape index (κ1) is 19.0. The Hall–Kier alpha value is -3.04. The highest BCUT2D eigenvalue weighted by atomic mass is 19.4. The maximum Gasteiger partial charge on any atom is 0.408 e. The van der Waals surface area contributed by atoms with E-state index >= 15 is 0 Å². The summed E-state index contributed by atoms with van der Waals surface area (Å²) in [6, 6.07) is 6.63. The maximum atomic E-state index is 13.5. The molecular formula is C20H21F3N6O. The number of anilines is 4. The van der Waals surface area contributed by atoms with Gasteiger partial charge in [0, 0.05) is 25.8 Å². The molecule has 5 rings (SSSR count). The minimum absolute atomic E-state index is 0.0564. The number of urea groups is 1. The zero-order valence-electron chi connectivity index (χ0n) is 16.1. The molecule has 0 radical (unpaired) electrons. The number of rotatable bonds is 2. The molecule has 7 nitrogen and oxygen atoms in total. The van der Waals surface area contributed by atoms with Crippen molar-refractivity contribution in [3.8, 4) is 0 Å². The molecule has 2 aromatic heterocycles. The molecule has 2 amide bonds. The molecule has 2 aromatic rings.